The summed E-state index contributed by atoms with van der Waals surface area (Å²) in [5, 5.41) is 0. The molecule has 0 bridgehead atoms. The molecule has 2 unspecified atom stereocenters. The molecular formula is C30H58O4. The van der Waals surface area contributed by atoms with Gasteiger partial charge in [0.1, 0.15) is 0 Å². The quantitative estimate of drug-likeness (QED) is 0.108. The van der Waals surface area contributed by atoms with Crippen LogP contribution in [0.5, 0.6) is 0 Å². The van der Waals surface area contributed by atoms with E-state index in [4.69, 9.17) is 9.47 Å². The van der Waals surface area contributed by atoms with Gasteiger partial charge >= 0.3 is 11.9 Å². The van der Waals surface area contributed by atoms with E-state index in [9.17, 15) is 9.59 Å². The predicted octanol–water partition coefficient (Wildman–Crippen LogP) is 8.90. The van der Waals surface area contributed by atoms with Crippen LogP contribution in [0.2, 0.25) is 0 Å². The Labute approximate surface area is 212 Å². The van der Waals surface area contributed by atoms with Crippen LogP contribution in [0, 0.1) is 23.7 Å². The molecule has 4 nitrogen and oxygen atoms in total. The Balaban J connectivity index is 3.36. The first kappa shape index (κ1) is 32.9. The van der Waals surface area contributed by atoms with Crippen molar-refractivity contribution in [2.24, 2.45) is 23.7 Å². The molecule has 202 valence electrons. The summed E-state index contributed by atoms with van der Waals surface area (Å²) >= 11 is 0. The number of hydrogen-bond acceptors (Lipinski definition) is 4. The van der Waals surface area contributed by atoms with Crippen molar-refractivity contribution < 1.29 is 19.1 Å². The van der Waals surface area contributed by atoms with Gasteiger partial charge in [-0.3, -0.25) is 9.59 Å². The van der Waals surface area contributed by atoms with Gasteiger partial charge in [-0.05, 0) is 30.6 Å². The lowest BCUT2D eigenvalue weighted by Gasteiger charge is -2.19. The molecule has 4 heteroatoms. The van der Waals surface area contributed by atoms with Crippen LogP contribution in [0.4, 0.5) is 0 Å². The number of ether oxygens (including phenoxy) is 2. The minimum atomic E-state index is -0.0306. The predicted molar refractivity (Wildman–Crippen MR) is 144 cm³/mol. The Kier molecular flexibility index (Phi) is 21.7. The average Bonchev–Trinajstić information content (AvgIpc) is 2.80. The van der Waals surface area contributed by atoms with E-state index in [-0.39, 0.29) is 17.9 Å². The van der Waals surface area contributed by atoms with E-state index in [1.165, 1.54) is 77.0 Å². The van der Waals surface area contributed by atoms with Crippen LogP contribution in [-0.4, -0.2) is 25.2 Å². The average molecular weight is 483 g/mol. The van der Waals surface area contributed by atoms with Gasteiger partial charge in [-0.25, -0.2) is 0 Å². The number of esters is 2. The van der Waals surface area contributed by atoms with Crippen LogP contribution in [0.3, 0.4) is 0 Å². The third kappa shape index (κ3) is 21.5. The van der Waals surface area contributed by atoms with Gasteiger partial charge < -0.3 is 9.47 Å². The maximum atomic E-state index is 12.1. The summed E-state index contributed by atoms with van der Waals surface area (Å²) < 4.78 is 10.6. The summed E-state index contributed by atoms with van der Waals surface area (Å²) in [5.41, 5.74) is 0. The Morgan fingerprint density at radius 3 is 1.35 bits per heavy atom. The maximum absolute atomic E-state index is 12.1. The monoisotopic (exact) mass is 482 g/mol. The van der Waals surface area contributed by atoms with Crippen molar-refractivity contribution in [2.45, 2.75) is 144 Å². The molecule has 0 amide bonds. The van der Waals surface area contributed by atoms with E-state index >= 15 is 0 Å². The molecule has 0 aliphatic rings. The number of unbranched alkanes of at least 4 members (excludes halogenated alkanes) is 13. The van der Waals surface area contributed by atoms with Gasteiger partial charge in [-0.1, -0.05) is 125 Å². The minimum absolute atomic E-state index is 0.0112. The van der Waals surface area contributed by atoms with E-state index in [0.29, 0.717) is 37.4 Å². The second kappa shape index (κ2) is 22.4. The second-order valence-corrected chi connectivity index (χ2v) is 11.4. The normalized spacial score (nSPS) is 13.3. The Bertz CT molecular complexity index is 486. The molecule has 0 saturated carbocycles. The molecule has 0 saturated heterocycles. The number of hydrogen-bond donors (Lipinski definition) is 0. The highest BCUT2D eigenvalue weighted by atomic mass is 16.5. The fourth-order valence-electron chi connectivity index (χ4n) is 4.05. The summed E-state index contributed by atoms with van der Waals surface area (Å²) in [6.45, 7) is 13.6. The summed E-state index contributed by atoms with van der Waals surface area (Å²) in [5.74, 6) is 1.19. The summed E-state index contributed by atoms with van der Waals surface area (Å²) in [4.78, 5) is 23.6. The van der Waals surface area contributed by atoms with Gasteiger partial charge in [0.05, 0.1) is 19.1 Å². The highest BCUT2D eigenvalue weighted by Crippen LogP contribution is 2.21. The molecule has 0 aromatic heterocycles. The molecule has 0 aromatic rings. The molecule has 0 spiro atoms. The first-order valence-corrected chi connectivity index (χ1v) is 14.6. The third-order valence-corrected chi connectivity index (χ3v) is 6.65. The van der Waals surface area contributed by atoms with E-state index in [1.54, 1.807) is 0 Å². The zero-order valence-electron chi connectivity index (χ0n) is 23.7. The van der Waals surface area contributed by atoms with Crippen molar-refractivity contribution >= 4 is 11.9 Å². The maximum Gasteiger partial charge on any atom is 0.308 e. The van der Waals surface area contributed by atoms with Crippen LogP contribution < -0.4 is 0 Å². The largest absolute Gasteiger partial charge is 0.465 e. The van der Waals surface area contributed by atoms with Crippen LogP contribution in [-0.2, 0) is 19.1 Å². The lowest BCUT2D eigenvalue weighted by molar-refractivity contribution is -0.150. The molecule has 0 aliphatic carbocycles. The molecule has 0 radical (unpaired) electrons. The zero-order valence-corrected chi connectivity index (χ0v) is 23.7. The van der Waals surface area contributed by atoms with Gasteiger partial charge in [-0.15, -0.1) is 0 Å². The van der Waals surface area contributed by atoms with Crippen molar-refractivity contribution in [3.05, 3.63) is 0 Å². The Hall–Kier alpha value is -1.06. The van der Waals surface area contributed by atoms with Crippen molar-refractivity contribution in [2.75, 3.05) is 13.2 Å². The molecule has 0 heterocycles. The van der Waals surface area contributed by atoms with Gasteiger partial charge in [0.2, 0.25) is 0 Å². The van der Waals surface area contributed by atoms with Gasteiger partial charge in [-0.2, -0.15) is 0 Å². The first-order valence-electron chi connectivity index (χ1n) is 14.6. The molecular weight excluding hydrogens is 424 g/mol. The van der Waals surface area contributed by atoms with Gasteiger partial charge in [0.15, 0.2) is 0 Å². The Morgan fingerprint density at radius 2 is 0.912 bits per heavy atom. The third-order valence-electron chi connectivity index (χ3n) is 6.65. The highest BCUT2D eigenvalue weighted by Gasteiger charge is 2.21. The molecule has 0 fully saturated rings. The van der Waals surface area contributed by atoms with Crippen molar-refractivity contribution in [1.82, 2.24) is 0 Å². The van der Waals surface area contributed by atoms with Crippen LogP contribution in [0.25, 0.3) is 0 Å². The van der Waals surface area contributed by atoms with Crippen molar-refractivity contribution in [3.63, 3.8) is 0 Å². The van der Waals surface area contributed by atoms with Crippen molar-refractivity contribution in [1.29, 1.82) is 0 Å². The molecule has 0 rings (SSSR count). The van der Waals surface area contributed by atoms with Crippen molar-refractivity contribution in [3.8, 4) is 0 Å². The fourth-order valence-corrected chi connectivity index (χ4v) is 4.05. The molecule has 0 aliphatic heterocycles. The highest BCUT2D eigenvalue weighted by molar-refractivity contribution is 5.72. The second-order valence-electron chi connectivity index (χ2n) is 11.4. The zero-order chi connectivity index (χ0) is 25.6. The number of carbonyl (C=O) groups is 2. The molecule has 2 atom stereocenters. The molecule has 0 aromatic carbocycles. The molecule has 34 heavy (non-hydrogen) atoms. The fraction of sp³-hybridized carbons (Fsp3) is 0.933. The van der Waals surface area contributed by atoms with Crippen LogP contribution in [0.15, 0.2) is 0 Å². The lowest BCUT2D eigenvalue weighted by atomic mass is 9.90. The lowest BCUT2D eigenvalue weighted by Crippen LogP contribution is -2.23. The van der Waals surface area contributed by atoms with Crippen LogP contribution in [0.1, 0.15) is 144 Å². The Morgan fingerprint density at radius 1 is 0.529 bits per heavy atom. The summed E-state index contributed by atoms with van der Waals surface area (Å²) in [6.07, 6.45) is 19.7. The summed E-state index contributed by atoms with van der Waals surface area (Å²) in [7, 11) is 0. The minimum Gasteiger partial charge on any atom is -0.465 e. The SMILES string of the molecule is CC(C)COC(=O)CCCCCCCCCCCCCCCCC(C)C(C)C(=O)OCC(C)C. The summed E-state index contributed by atoms with van der Waals surface area (Å²) in [6, 6.07) is 0. The smallest absolute Gasteiger partial charge is 0.308 e. The topological polar surface area (TPSA) is 52.6 Å². The van der Waals surface area contributed by atoms with Gasteiger partial charge in [0.25, 0.3) is 0 Å². The number of carbonyl (C=O) groups excluding carboxylic acids is 2. The van der Waals surface area contributed by atoms with E-state index in [1.807, 2.05) is 6.92 Å². The standard InChI is InChI=1S/C30H58O4/c1-25(2)23-33-29(31)22-20-18-16-14-12-10-8-7-9-11-13-15-17-19-21-27(5)28(6)30(32)34-24-26(3)4/h25-28H,7-24H2,1-6H3. The van der Waals surface area contributed by atoms with E-state index < -0.39 is 0 Å². The first-order chi connectivity index (χ1) is 16.2. The van der Waals surface area contributed by atoms with Crippen LogP contribution >= 0.6 is 0 Å². The van der Waals surface area contributed by atoms with E-state index in [0.717, 1.165) is 19.3 Å². The van der Waals surface area contributed by atoms with Gasteiger partial charge in [0, 0.05) is 6.42 Å². The molecule has 0 N–H and O–H groups in total. The van der Waals surface area contributed by atoms with E-state index in [2.05, 4.69) is 34.6 Å². The number of rotatable bonds is 23.